The van der Waals surface area contributed by atoms with Crippen LogP contribution in [-0.4, -0.2) is 41.6 Å². The average Bonchev–Trinajstić information content (AvgIpc) is 3.08. The molecule has 7 heteroatoms. The number of nitrogens with zero attached hydrogens (tertiary/aromatic N) is 3. The lowest BCUT2D eigenvalue weighted by Crippen LogP contribution is -2.47. The van der Waals surface area contributed by atoms with Crippen LogP contribution in [0.2, 0.25) is 0 Å². The van der Waals surface area contributed by atoms with Gasteiger partial charge in [-0.1, -0.05) is 19.0 Å². The Morgan fingerprint density at radius 1 is 1.46 bits per heavy atom. The lowest BCUT2D eigenvalue weighted by Gasteiger charge is -2.34. The number of nitrogens with one attached hydrogen (secondary N) is 1. The van der Waals surface area contributed by atoms with E-state index in [2.05, 4.69) is 36.1 Å². The van der Waals surface area contributed by atoms with Crippen molar-refractivity contribution in [2.75, 3.05) is 19.6 Å². The molecule has 1 atom stereocenters. The maximum atomic E-state index is 11.2. The molecule has 146 valence electrons. The second-order valence-electron chi connectivity index (χ2n) is 7.03. The topological polar surface area (TPSA) is 96.8 Å². The summed E-state index contributed by atoms with van der Waals surface area (Å²) >= 11 is 0. The molecule has 0 saturated carbocycles. The van der Waals surface area contributed by atoms with Crippen LogP contribution < -0.4 is 11.1 Å². The SMILES string of the molecule is CCNC(=NCc1cc(C(CC)CC)no1)N1CCCC(CC(N)=O)C1. The van der Waals surface area contributed by atoms with Gasteiger partial charge in [0.2, 0.25) is 5.91 Å². The van der Waals surface area contributed by atoms with E-state index in [1.807, 2.05) is 6.07 Å². The molecule has 26 heavy (non-hydrogen) atoms. The van der Waals surface area contributed by atoms with Crippen molar-refractivity contribution in [2.45, 2.75) is 65.3 Å². The van der Waals surface area contributed by atoms with E-state index < -0.39 is 0 Å². The lowest BCUT2D eigenvalue weighted by molar-refractivity contribution is -0.119. The van der Waals surface area contributed by atoms with Crippen molar-refractivity contribution in [3.8, 4) is 0 Å². The van der Waals surface area contributed by atoms with E-state index in [0.29, 0.717) is 24.8 Å². The minimum Gasteiger partial charge on any atom is -0.370 e. The Balaban J connectivity index is 2.03. The van der Waals surface area contributed by atoms with Gasteiger partial charge >= 0.3 is 0 Å². The average molecular weight is 364 g/mol. The van der Waals surface area contributed by atoms with E-state index in [4.69, 9.17) is 15.2 Å². The minimum absolute atomic E-state index is 0.227. The fourth-order valence-electron chi connectivity index (χ4n) is 3.59. The molecule has 0 spiro atoms. The molecule has 1 fully saturated rings. The van der Waals surface area contributed by atoms with Gasteiger partial charge in [-0.3, -0.25) is 4.79 Å². The molecule has 0 radical (unpaired) electrons. The molecule has 1 saturated heterocycles. The molecule has 7 nitrogen and oxygen atoms in total. The second-order valence-corrected chi connectivity index (χ2v) is 7.03. The maximum absolute atomic E-state index is 11.2. The third-order valence-corrected chi connectivity index (χ3v) is 5.01. The number of rotatable bonds is 8. The minimum atomic E-state index is -0.227. The summed E-state index contributed by atoms with van der Waals surface area (Å²) in [5.41, 5.74) is 6.38. The van der Waals surface area contributed by atoms with E-state index in [1.54, 1.807) is 0 Å². The van der Waals surface area contributed by atoms with E-state index in [1.165, 1.54) is 0 Å². The highest BCUT2D eigenvalue weighted by Crippen LogP contribution is 2.23. The molecule has 2 rings (SSSR count). The third-order valence-electron chi connectivity index (χ3n) is 5.01. The van der Waals surface area contributed by atoms with Crippen LogP contribution >= 0.6 is 0 Å². The maximum Gasteiger partial charge on any atom is 0.217 e. The summed E-state index contributed by atoms with van der Waals surface area (Å²) in [6.45, 7) is 9.41. The van der Waals surface area contributed by atoms with Gasteiger partial charge in [-0.2, -0.15) is 0 Å². The molecule has 1 aromatic rings. The van der Waals surface area contributed by atoms with Crippen molar-refractivity contribution in [2.24, 2.45) is 16.6 Å². The molecular weight excluding hydrogens is 330 g/mol. The number of aliphatic imine (C=N–C) groups is 1. The van der Waals surface area contributed by atoms with Crippen LogP contribution in [0.15, 0.2) is 15.6 Å². The molecule has 0 aromatic carbocycles. The quantitative estimate of drug-likeness (QED) is 0.547. The number of aromatic nitrogens is 1. The van der Waals surface area contributed by atoms with Crippen molar-refractivity contribution in [3.63, 3.8) is 0 Å². The number of carbonyl (C=O) groups is 1. The summed E-state index contributed by atoms with van der Waals surface area (Å²) in [5, 5.41) is 7.56. The smallest absolute Gasteiger partial charge is 0.217 e. The molecule has 1 unspecified atom stereocenters. The summed E-state index contributed by atoms with van der Waals surface area (Å²) in [4.78, 5) is 18.2. The second kappa shape index (κ2) is 10.2. The number of piperidine rings is 1. The first-order valence-corrected chi connectivity index (χ1v) is 9.84. The standard InChI is InChI=1S/C19H33N5O2/c1-4-15(5-2)17-11-16(26-23-17)12-22-19(21-6-3)24-9-7-8-14(13-24)10-18(20)25/h11,14-15H,4-10,12-13H2,1-3H3,(H2,20,25)(H,21,22). The van der Waals surface area contributed by atoms with Crippen LogP contribution in [0, 0.1) is 5.92 Å². The number of hydrogen-bond donors (Lipinski definition) is 2. The van der Waals surface area contributed by atoms with Crippen LogP contribution in [0.25, 0.3) is 0 Å². The Morgan fingerprint density at radius 2 is 2.23 bits per heavy atom. The van der Waals surface area contributed by atoms with Crippen molar-refractivity contribution in [1.29, 1.82) is 0 Å². The Kier molecular flexibility index (Phi) is 7.94. The van der Waals surface area contributed by atoms with Crippen LogP contribution in [0.1, 0.15) is 70.2 Å². The predicted molar refractivity (Wildman–Crippen MR) is 103 cm³/mol. The van der Waals surface area contributed by atoms with Crippen molar-refractivity contribution in [3.05, 3.63) is 17.5 Å². The Labute approximate surface area is 156 Å². The molecule has 1 aliphatic rings. The highest BCUT2D eigenvalue weighted by Gasteiger charge is 2.23. The number of carbonyl (C=O) groups excluding carboxylic acids is 1. The lowest BCUT2D eigenvalue weighted by atomic mass is 9.95. The summed E-state index contributed by atoms with van der Waals surface area (Å²) in [6, 6.07) is 2.02. The highest BCUT2D eigenvalue weighted by molar-refractivity contribution is 5.80. The summed E-state index contributed by atoms with van der Waals surface area (Å²) < 4.78 is 5.47. The van der Waals surface area contributed by atoms with E-state index in [9.17, 15) is 4.79 Å². The van der Waals surface area contributed by atoms with Crippen molar-refractivity contribution in [1.82, 2.24) is 15.4 Å². The monoisotopic (exact) mass is 363 g/mol. The van der Waals surface area contributed by atoms with E-state index in [0.717, 1.165) is 62.7 Å². The largest absolute Gasteiger partial charge is 0.370 e. The van der Waals surface area contributed by atoms with Crippen LogP contribution in [0.3, 0.4) is 0 Å². The normalized spacial score (nSPS) is 18.4. The Bertz CT molecular complexity index is 595. The molecule has 0 aliphatic carbocycles. The van der Waals surface area contributed by atoms with Gasteiger partial charge in [-0.15, -0.1) is 0 Å². The zero-order valence-corrected chi connectivity index (χ0v) is 16.3. The van der Waals surface area contributed by atoms with Gasteiger partial charge in [0.05, 0.1) is 5.69 Å². The number of nitrogens with two attached hydrogens (primary N) is 1. The van der Waals surface area contributed by atoms with Gasteiger partial charge in [-0.25, -0.2) is 4.99 Å². The highest BCUT2D eigenvalue weighted by atomic mass is 16.5. The molecular formula is C19H33N5O2. The fourth-order valence-corrected chi connectivity index (χ4v) is 3.59. The van der Waals surface area contributed by atoms with Crippen molar-refractivity contribution >= 4 is 11.9 Å². The van der Waals surface area contributed by atoms with Gasteiger partial charge in [0.15, 0.2) is 11.7 Å². The number of guanidine groups is 1. The van der Waals surface area contributed by atoms with Gasteiger partial charge in [0, 0.05) is 38.0 Å². The predicted octanol–water partition coefficient (Wildman–Crippen LogP) is 2.63. The van der Waals surface area contributed by atoms with Crippen LogP contribution in [0.4, 0.5) is 0 Å². The van der Waals surface area contributed by atoms with Gasteiger partial charge in [0.25, 0.3) is 0 Å². The molecule has 2 heterocycles. The zero-order chi connectivity index (χ0) is 18.9. The summed E-state index contributed by atoms with van der Waals surface area (Å²) in [7, 11) is 0. The zero-order valence-electron chi connectivity index (χ0n) is 16.3. The molecule has 0 bridgehead atoms. The number of primary amides is 1. The van der Waals surface area contributed by atoms with Crippen LogP contribution in [-0.2, 0) is 11.3 Å². The van der Waals surface area contributed by atoms with Crippen LogP contribution in [0.5, 0.6) is 0 Å². The first-order chi connectivity index (χ1) is 12.6. The summed E-state index contributed by atoms with van der Waals surface area (Å²) in [5.74, 6) is 2.17. The number of hydrogen-bond acceptors (Lipinski definition) is 4. The van der Waals surface area contributed by atoms with E-state index in [-0.39, 0.29) is 5.91 Å². The van der Waals surface area contributed by atoms with Gasteiger partial charge in [-0.05, 0) is 38.5 Å². The number of likely N-dealkylation sites (tertiary alicyclic amines) is 1. The van der Waals surface area contributed by atoms with Gasteiger partial charge < -0.3 is 20.5 Å². The first kappa shape index (κ1) is 20.3. The van der Waals surface area contributed by atoms with Gasteiger partial charge in [0.1, 0.15) is 6.54 Å². The first-order valence-electron chi connectivity index (χ1n) is 9.84. The third kappa shape index (κ3) is 5.75. The molecule has 1 amide bonds. The molecule has 1 aliphatic heterocycles. The fraction of sp³-hybridized carbons (Fsp3) is 0.737. The number of amides is 1. The van der Waals surface area contributed by atoms with Crippen molar-refractivity contribution < 1.29 is 9.32 Å². The Hall–Kier alpha value is -2.05. The van der Waals surface area contributed by atoms with E-state index >= 15 is 0 Å². The molecule has 3 N–H and O–H groups in total. The Morgan fingerprint density at radius 3 is 2.88 bits per heavy atom. The molecule has 1 aromatic heterocycles. The summed E-state index contributed by atoms with van der Waals surface area (Å²) in [6.07, 6.45) is 4.65.